The first-order chi connectivity index (χ1) is 7.40. The highest BCUT2D eigenvalue weighted by Gasteiger charge is 2.30. The van der Waals surface area contributed by atoms with Crippen molar-refractivity contribution in [2.24, 2.45) is 0 Å². The van der Waals surface area contributed by atoms with Gasteiger partial charge in [0.25, 0.3) is 0 Å². The van der Waals surface area contributed by atoms with Gasteiger partial charge in [-0.05, 0) is 38.6 Å². The lowest BCUT2D eigenvalue weighted by Gasteiger charge is -2.20. The van der Waals surface area contributed by atoms with Gasteiger partial charge in [0.15, 0.2) is 0 Å². The predicted molar refractivity (Wildman–Crippen MR) is 60.0 cm³/mol. The zero-order chi connectivity index (χ0) is 10.1. The second-order valence-corrected chi connectivity index (χ2v) is 5.32. The molecule has 1 saturated carbocycles. The molecule has 0 aromatic rings. The minimum absolute atomic E-state index is 0.532. The van der Waals surface area contributed by atoms with Crippen molar-refractivity contribution in [3.8, 4) is 0 Å². The van der Waals surface area contributed by atoms with Crippen molar-refractivity contribution >= 4 is 0 Å². The highest BCUT2D eigenvalue weighted by molar-refractivity contribution is 4.90. The Balaban J connectivity index is 1.39. The molecule has 2 atom stereocenters. The van der Waals surface area contributed by atoms with Crippen LogP contribution in [0.5, 0.6) is 0 Å². The fraction of sp³-hybridized carbons (Fsp3) is 1.00. The van der Waals surface area contributed by atoms with Crippen LogP contribution in [-0.2, 0) is 4.74 Å². The molecule has 0 aromatic heterocycles. The molecule has 0 aromatic carbocycles. The Bertz CT molecular complexity index is 212. The fourth-order valence-corrected chi connectivity index (χ4v) is 2.79. The number of hydrogen-bond acceptors (Lipinski definition) is 3. The van der Waals surface area contributed by atoms with Crippen LogP contribution in [0.25, 0.3) is 0 Å². The molecular formula is C12H22N2O. The van der Waals surface area contributed by atoms with E-state index in [0.29, 0.717) is 6.10 Å². The van der Waals surface area contributed by atoms with Crippen LogP contribution in [-0.4, -0.2) is 49.3 Å². The van der Waals surface area contributed by atoms with E-state index in [-0.39, 0.29) is 0 Å². The topological polar surface area (TPSA) is 24.5 Å². The second kappa shape index (κ2) is 4.40. The number of ether oxygens (including phenoxy) is 1. The van der Waals surface area contributed by atoms with E-state index in [2.05, 4.69) is 10.2 Å². The molecule has 0 radical (unpaired) electrons. The normalized spacial score (nSPS) is 37.6. The van der Waals surface area contributed by atoms with Gasteiger partial charge in [-0.1, -0.05) is 0 Å². The average Bonchev–Trinajstić information content (AvgIpc) is 2.74. The van der Waals surface area contributed by atoms with Gasteiger partial charge in [-0.3, -0.25) is 4.90 Å². The molecule has 3 aliphatic rings. The minimum atomic E-state index is 0.532. The van der Waals surface area contributed by atoms with Crippen LogP contribution in [0.2, 0.25) is 0 Å². The van der Waals surface area contributed by atoms with Gasteiger partial charge in [-0.2, -0.15) is 0 Å². The number of nitrogens with zero attached hydrogens (tertiary/aromatic N) is 1. The summed E-state index contributed by atoms with van der Waals surface area (Å²) in [6.45, 7) is 4.67. The van der Waals surface area contributed by atoms with Crippen LogP contribution < -0.4 is 5.32 Å². The van der Waals surface area contributed by atoms with E-state index in [0.717, 1.165) is 18.7 Å². The number of hydrogen-bond donors (Lipinski definition) is 1. The van der Waals surface area contributed by atoms with Gasteiger partial charge in [0, 0.05) is 31.8 Å². The van der Waals surface area contributed by atoms with Crippen LogP contribution in [0.15, 0.2) is 0 Å². The quantitative estimate of drug-likeness (QED) is 0.749. The average molecular weight is 210 g/mol. The molecule has 15 heavy (non-hydrogen) atoms. The molecule has 3 fully saturated rings. The Hall–Kier alpha value is -0.120. The van der Waals surface area contributed by atoms with Gasteiger partial charge in [0.2, 0.25) is 0 Å². The third-order valence-electron chi connectivity index (χ3n) is 3.81. The maximum Gasteiger partial charge on any atom is 0.0702 e. The van der Waals surface area contributed by atoms with Crippen molar-refractivity contribution in [2.45, 2.75) is 50.3 Å². The molecule has 3 heteroatoms. The summed E-state index contributed by atoms with van der Waals surface area (Å²) in [6, 6.07) is 1.62. The molecule has 2 heterocycles. The zero-order valence-electron chi connectivity index (χ0n) is 9.45. The first kappa shape index (κ1) is 10.1. The van der Waals surface area contributed by atoms with E-state index in [1.807, 2.05) is 0 Å². The third kappa shape index (κ3) is 2.71. The Morgan fingerprint density at radius 1 is 1.13 bits per heavy atom. The maximum absolute atomic E-state index is 5.68. The number of likely N-dealkylation sites (tertiary alicyclic amines) is 1. The summed E-state index contributed by atoms with van der Waals surface area (Å²) < 4.78 is 5.68. The van der Waals surface area contributed by atoms with E-state index in [4.69, 9.17) is 4.74 Å². The van der Waals surface area contributed by atoms with Gasteiger partial charge < -0.3 is 10.1 Å². The summed E-state index contributed by atoms with van der Waals surface area (Å²) in [7, 11) is 0. The minimum Gasteiger partial charge on any atom is -0.377 e. The smallest absolute Gasteiger partial charge is 0.0702 e. The molecule has 0 amide bonds. The molecule has 2 aliphatic heterocycles. The Kier molecular flexibility index (Phi) is 2.95. The highest BCUT2D eigenvalue weighted by Crippen LogP contribution is 2.22. The van der Waals surface area contributed by atoms with Crippen molar-refractivity contribution in [1.82, 2.24) is 10.2 Å². The lowest BCUT2D eigenvalue weighted by molar-refractivity contribution is 0.0800. The van der Waals surface area contributed by atoms with Crippen molar-refractivity contribution in [2.75, 3.05) is 26.2 Å². The highest BCUT2D eigenvalue weighted by atomic mass is 16.5. The van der Waals surface area contributed by atoms with Crippen molar-refractivity contribution in [1.29, 1.82) is 0 Å². The van der Waals surface area contributed by atoms with Crippen LogP contribution in [0.1, 0.15) is 32.1 Å². The molecule has 2 unspecified atom stereocenters. The van der Waals surface area contributed by atoms with Gasteiger partial charge in [0.05, 0.1) is 6.10 Å². The van der Waals surface area contributed by atoms with Gasteiger partial charge in [-0.25, -0.2) is 0 Å². The molecule has 86 valence electrons. The largest absolute Gasteiger partial charge is 0.377 e. The summed E-state index contributed by atoms with van der Waals surface area (Å²) in [6.07, 6.45) is 7.22. The lowest BCUT2D eigenvalue weighted by Crippen LogP contribution is -2.36. The molecule has 3 rings (SSSR count). The van der Waals surface area contributed by atoms with Crippen LogP contribution in [0, 0.1) is 0 Å². The first-order valence-corrected chi connectivity index (χ1v) is 6.50. The van der Waals surface area contributed by atoms with E-state index in [1.165, 1.54) is 51.7 Å². The Morgan fingerprint density at radius 2 is 2.07 bits per heavy atom. The molecule has 1 N–H and O–H groups in total. The summed E-state index contributed by atoms with van der Waals surface area (Å²) in [4.78, 5) is 2.58. The van der Waals surface area contributed by atoms with Gasteiger partial charge >= 0.3 is 0 Å². The molecule has 3 nitrogen and oxygen atoms in total. The van der Waals surface area contributed by atoms with Crippen molar-refractivity contribution < 1.29 is 4.74 Å². The third-order valence-corrected chi connectivity index (χ3v) is 3.81. The molecule has 0 spiro atoms. The monoisotopic (exact) mass is 210 g/mol. The predicted octanol–water partition coefficient (Wildman–Crippen LogP) is 0.992. The Morgan fingerprint density at radius 3 is 2.80 bits per heavy atom. The fourth-order valence-electron chi connectivity index (χ4n) is 2.79. The van der Waals surface area contributed by atoms with E-state index < -0.39 is 0 Å². The zero-order valence-corrected chi connectivity index (χ0v) is 9.45. The van der Waals surface area contributed by atoms with Gasteiger partial charge in [-0.15, -0.1) is 0 Å². The summed E-state index contributed by atoms with van der Waals surface area (Å²) in [5.74, 6) is 0. The number of rotatable bonds is 4. The second-order valence-electron chi connectivity index (χ2n) is 5.32. The summed E-state index contributed by atoms with van der Waals surface area (Å²) in [5, 5.41) is 3.73. The van der Waals surface area contributed by atoms with Crippen molar-refractivity contribution in [3.05, 3.63) is 0 Å². The lowest BCUT2D eigenvalue weighted by atomic mass is 10.2. The van der Waals surface area contributed by atoms with Crippen LogP contribution in [0.3, 0.4) is 0 Å². The Labute approximate surface area is 92.2 Å². The van der Waals surface area contributed by atoms with Gasteiger partial charge in [0.1, 0.15) is 0 Å². The SMILES string of the molecule is C1COC(CN2CCC(NC3CC3)C2)C1. The van der Waals surface area contributed by atoms with Crippen LogP contribution >= 0.6 is 0 Å². The van der Waals surface area contributed by atoms with Crippen molar-refractivity contribution in [3.63, 3.8) is 0 Å². The summed E-state index contributed by atoms with van der Waals surface area (Å²) in [5.41, 5.74) is 0. The van der Waals surface area contributed by atoms with E-state index in [1.54, 1.807) is 0 Å². The maximum atomic E-state index is 5.68. The molecule has 1 aliphatic carbocycles. The van der Waals surface area contributed by atoms with E-state index >= 15 is 0 Å². The van der Waals surface area contributed by atoms with E-state index in [9.17, 15) is 0 Å². The number of nitrogens with one attached hydrogen (secondary N) is 1. The molecule has 2 saturated heterocycles. The summed E-state index contributed by atoms with van der Waals surface area (Å²) >= 11 is 0. The first-order valence-electron chi connectivity index (χ1n) is 6.50. The standard InChI is InChI=1S/C12H22N2O/c1-2-12(15-7-1)9-14-6-5-11(8-14)13-10-3-4-10/h10-13H,1-9H2. The van der Waals surface area contributed by atoms with Crippen LogP contribution in [0.4, 0.5) is 0 Å². The molecular weight excluding hydrogens is 188 g/mol. The molecule has 0 bridgehead atoms.